The average molecular weight is 292 g/mol. The number of ether oxygens (including phenoxy) is 2. The van der Waals surface area contributed by atoms with Gasteiger partial charge in [-0.15, -0.1) is 0 Å². The van der Waals surface area contributed by atoms with Crippen LogP contribution in [0.5, 0.6) is 11.5 Å². The van der Waals surface area contributed by atoms with Crippen molar-refractivity contribution in [1.82, 2.24) is 10.2 Å². The first-order chi connectivity index (χ1) is 9.65. The van der Waals surface area contributed by atoms with E-state index in [9.17, 15) is 0 Å². The number of rotatable bonds is 1. The van der Waals surface area contributed by atoms with E-state index in [1.54, 1.807) is 12.1 Å². The Labute approximate surface area is 121 Å². The minimum atomic E-state index is 0.212. The summed E-state index contributed by atoms with van der Waals surface area (Å²) < 4.78 is 11.7. The second-order valence-electron chi connectivity index (χ2n) is 5.56. The summed E-state index contributed by atoms with van der Waals surface area (Å²) in [7, 11) is 0. The van der Waals surface area contributed by atoms with Gasteiger partial charge in [0.1, 0.15) is 5.82 Å². The lowest BCUT2D eigenvalue weighted by molar-refractivity contribution is 0.197. The zero-order chi connectivity index (χ0) is 13.7. The minimum Gasteiger partial charge on any atom is -0.489 e. The summed E-state index contributed by atoms with van der Waals surface area (Å²) in [6, 6.07) is 5.42. The second-order valence-corrected chi connectivity index (χ2v) is 5.97. The molecule has 2 aromatic rings. The van der Waals surface area contributed by atoms with Crippen LogP contribution in [0, 0.1) is 5.41 Å². The highest BCUT2D eigenvalue weighted by atomic mass is 35.5. The molecule has 0 amide bonds. The predicted octanol–water partition coefficient (Wildman–Crippen LogP) is 2.86. The van der Waals surface area contributed by atoms with Gasteiger partial charge in [-0.2, -0.15) is 5.10 Å². The van der Waals surface area contributed by atoms with E-state index in [-0.39, 0.29) is 5.41 Å². The number of aromatic nitrogens is 2. The molecule has 3 N–H and O–H groups in total. The number of hydrogen-bond acceptors (Lipinski definition) is 4. The molecule has 0 radical (unpaired) electrons. The fourth-order valence-electron chi connectivity index (χ4n) is 2.41. The van der Waals surface area contributed by atoms with Crippen LogP contribution >= 0.6 is 11.6 Å². The minimum absolute atomic E-state index is 0.212. The molecule has 1 spiro atoms. The van der Waals surface area contributed by atoms with E-state index in [1.165, 1.54) is 12.8 Å². The zero-order valence-electron chi connectivity index (χ0n) is 10.8. The van der Waals surface area contributed by atoms with Gasteiger partial charge in [-0.25, -0.2) is 0 Å². The van der Waals surface area contributed by atoms with Crippen LogP contribution in [0.15, 0.2) is 18.2 Å². The Bertz CT molecular complexity index is 679. The number of nitrogens with two attached hydrogens (primary N) is 1. The van der Waals surface area contributed by atoms with Crippen LogP contribution in [0.1, 0.15) is 12.8 Å². The summed E-state index contributed by atoms with van der Waals surface area (Å²) in [6.45, 7) is 1.40. The lowest BCUT2D eigenvalue weighted by Gasteiger charge is -2.10. The number of nitrogens with zero attached hydrogens (tertiary/aromatic N) is 1. The van der Waals surface area contributed by atoms with E-state index in [4.69, 9.17) is 26.8 Å². The van der Waals surface area contributed by atoms with Gasteiger partial charge >= 0.3 is 0 Å². The average Bonchev–Trinajstić information content (AvgIpc) is 3.13. The van der Waals surface area contributed by atoms with Crippen molar-refractivity contribution >= 4 is 17.4 Å². The number of anilines is 1. The molecular formula is C14H14ClN3O2. The van der Waals surface area contributed by atoms with E-state index in [0.717, 1.165) is 17.0 Å². The molecule has 20 heavy (non-hydrogen) atoms. The van der Waals surface area contributed by atoms with Gasteiger partial charge < -0.3 is 15.2 Å². The number of hydrogen-bond donors (Lipinski definition) is 2. The molecule has 1 aromatic carbocycles. The Morgan fingerprint density at radius 3 is 2.45 bits per heavy atom. The first-order valence-corrected chi connectivity index (χ1v) is 6.93. The standard InChI is InChI=1S/C14H14ClN3O2/c15-9-4-12-11(19-6-14(1-2-14)7-20-12)3-8(9)10-5-13(16)18-17-10/h3-5H,1-2,6-7H2,(H3,16,17,18). The molecular weight excluding hydrogens is 278 g/mol. The number of nitrogen functional groups attached to an aromatic ring is 1. The molecule has 1 fully saturated rings. The van der Waals surface area contributed by atoms with Crippen LogP contribution in [-0.4, -0.2) is 23.4 Å². The molecule has 104 valence electrons. The van der Waals surface area contributed by atoms with Gasteiger partial charge in [0.25, 0.3) is 0 Å². The van der Waals surface area contributed by atoms with Crippen molar-refractivity contribution in [3.63, 3.8) is 0 Å². The highest BCUT2D eigenvalue weighted by Crippen LogP contribution is 2.50. The summed E-state index contributed by atoms with van der Waals surface area (Å²) in [6.07, 6.45) is 2.33. The third-order valence-electron chi connectivity index (χ3n) is 3.95. The van der Waals surface area contributed by atoms with E-state index >= 15 is 0 Å². The van der Waals surface area contributed by atoms with Crippen molar-refractivity contribution in [1.29, 1.82) is 0 Å². The maximum Gasteiger partial charge on any atom is 0.162 e. The number of benzene rings is 1. The SMILES string of the molecule is Nc1cc(-c2cc3c(cc2Cl)OCC2(CC2)CO3)[nH]n1. The maximum absolute atomic E-state index is 6.32. The molecule has 1 aromatic heterocycles. The Hall–Kier alpha value is -1.88. The van der Waals surface area contributed by atoms with Crippen LogP contribution in [-0.2, 0) is 0 Å². The largest absolute Gasteiger partial charge is 0.489 e. The first-order valence-electron chi connectivity index (χ1n) is 6.56. The van der Waals surface area contributed by atoms with Gasteiger partial charge in [-0.1, -0.05) is 11.6 Å². The van der Waals surface area contributed by atoms with Crippen molar-refractivity contribution in [2.24, 2.45) is 5.41 Å². The number of halogens is 1. The summed E-state index contributed by atoms with van der Waals surface area (Å²) in [4.78, 5) is 0. The topological polar surface area (TPSA) is 73.2 Å². The summed E-state index contributed by atoms with van der Waals surface area (Å²) >= 11 is 6.32. The van der Waals surface area contributed by atoms with E-state index in [2.05, 4.69) is 10.2 Å². The molecule has 4 rings (SSSR count). The van der Waals surface area contributed by atoms with Gasteiger partial charge in [0.15, 0.2) is 11.5 Å². The van der Waals surface area contributed by atoms with Crippen LogP contribution in [0.2, 0.25) is 5.02 Å². The fraction of sp³-hybridized carbons (Fsp3) is 0.357. The van der Waals surface area contributed by atoms with Gasteiger partial charge in [0.05, 0.1) is 23.9 Å². The van der Waals surface area contributed by atoms with E-state index in [1.807, 2.05) is 6.07 Å². The molecule has 1 aliphatic carbocycles. The summed E-state index contributed by atoms with van der Waals surface area (Å²) in [5.41, 5.74) is 7.42. The third-order valence-corrected chi connectivity index (χ3v) is 4.26. The Balaban J connectivity index is 1.74. The molecule has 2 aliphatic rings. The molecule has 5 nitrogen and oxygen atoms in total. The fourth-order valence-corrected chi connectivity index (χ4v) is 2.67. The Morgan fingerprint density at radius 2 is 1.85 bits per heavy atom. The number of fused-ring (bicyclic) bond motifs is 1. The van der Waals surface area contributed by atoms with Crippen molar-refractivity contribution < 1.29 is 9.47 Å². The van der Waals surface area contributed by atoms with Crippen molar-refractivity contribution in [2.45, 2.75) is 12.8 Å². The Kier molecular flexibility index (Phi) is 2.41. The van der Waals surface area contributed by atoms with Crippen molar-refractivity contribution in [3.8, 4) is 22.8 Å². The third kappa shape index (κ3) is 1.89. The number of nitrogens with one attached hydrogen (secondary N) is 1. The Morgan fingerprint density at radius 1 is 1.15 bits per heavy atom. The quantitative estimate of drug-likeness (QED) is 0.847. The highest BCUT2D eigenvalue weighted by molar-refractivity contribution is 6.33. The molecule has 0 atom stereocenters. The highest BCUT2D eigenvalue weighted by Gasteiger charge is 2.46. The lowest BCUT2D eigenvalue weighted by atomic mass is 10.1. The predicted molar refractivity (Wildman–Crippen MR) is 76.1 cm³/mol. The van der Waals surface area contributed by atoms with Crippen LogP contribution < -0.4 is 15.2 Å². The monoisotopic (exact) mass is 291 g/mol. The van der Waals surface area contributed by atoms with Crippen LogP contribution in [0.4, 0.5) is 5.82 Å². The lowest BCUT2D eigenvalue weighted by Crippen LogP contribution is -2.17. The van der Waals surface area contributed by atoms with Gasteiger partial charge in [0, 0.05) is 23.1 Å². The summed E-state index contributed by atoms with van der Waals surface area (Å²) in [5, 5.41) is 7.36. The van der Waals surface area contributed by atoms with Gasteiger partial charge in [0.2, 0.25) is 0 Å². The first kappa shape index (κ1) is 11.9. The molecule has 1 aliphatic heterocycles. The van der Waals surface area contributed by atoms with Gasteiger partial charge in [-0.05, 0) is 18.9 Å². The zero-order valence-corrected chi connectivity index (χ0v) is 11.5. The van der Waals surface area contributed by atoms with E-state index < -0.39 is 0 Å². The van der Waals surface area contributed by atoms with Crippen molar-refractivity contribution in [3.05, 3.63) is 23.2 Å². The molecule has 0 bridgehead atoms. The summed E-state index contributed by atoms with van der Waals surface area (Å²) in [5.74, 6) is 1.86. The second kappa shape index (κ2) is 4.06. The van der Waals surface area contributed by atoms with Crippen molar-refractivity contribution in [2.75, 3.05) is 18.9 Å². The number of aromatic amines is 1. The van der Waals surface area contributed by atoms with E-state index in [0.29, 0.717) is 29.8 Å². The molecule has 0 saturated heterocycles. The molecule has 6 heteroatoms. The van der Waals surface area contributed by atoms with Crippen LogP contribution in [0.3, 0.4) is 0 Å². The van der Waals surface area contributed by atoms with Crippen LogP contribution in [0.25, 0.3) is 11.3 Å². The normalized spacial score (nSPS) is 18.9. The molecule has 0 unspecified atom stereocenters. The maximum atomic E-state index is 6.32. The molecule has 1 saturated carbocycles. The van der Waals surface area contributed by atoms with Gasteiger partial charge in [-0.3, -0.25) is 5.10 Å². The number of H-pyrrole nitrogens is 1. The molecule has 2 heterocycles. The smallest absolute Gasteiger partial charge is 0.162 e.